The maximum absolute atomic E-state index is 13.6. The molecule has 1 amide bonds. The van der Waals surface area contributed by atoms with Crippen molar-refractivity contribution in [3.8, 4) is 0 Å². The number of halogens is 2. The Balaban J connectivity index is 1.77. The van der Waals surface area contributed by atoms with Gasteiger partial charge in [-0.1, -0.05) is 17.7 Å². The van der Waals surface area contributed by atoms with Crippen LogP contribution in [-0.4, -0.2) is 30.6 Å². The van der Waals surface area contributed by atoms with Gasteiger partial charge in [0.25, 0.3) is 0 Å². The van der Waals surface area contributed by atoms with E-state index in [2.05, 4.69) is 10.6 Å². The highest BCUT2D eigenvalue weighted by Crippen LogP contribution is 2.25. The van der Waals surface area contributed by atoms with Crippen molar-refractivity contribution < 1.29 is 14.3 Å². The fourth-order valence-electron chi connectivity index (χ4n) is 2.53. The summed E-state index contributed by atoms with van der Waals surface area (Å²) in [5.41, 5.74) is 0.0273. The largest absolute Gasteiger partial charge is 0.386 e. The van der Waals surface area contributed by atoms with Gasteiger partial charge in [-0.15, -0.1) is 0 Å². The maximum atomic E-state index is 13.6. The molecule has 1 saturated heterocycles. The van der Waals surface area contributed by atoms with Crippen molar-refractivity contribution in [2.45, 2.75) is 25.4 Å². The van der Waals surface area contributed by atoms with Crippen molar-refractivity contribution >= 4 is 17.5 Å². The molecule has 0 spiro atoms. The zero-order chi connectivity index (χ0) is 15.2. The predicted octanol–water partition coefficient (Wildman–Crippen LogP) is 2.02. The number of hydrogen-bond donors (Lipinski definition) is 3. The molecule has 3 N–H and O–H groups in total. The Hall–Kier alpha value is -1.17. The number of rotatable bonds is 6. The van der Waals surface area contributed by atoms with Gasteiger partial charge in [0.1, 0.15) is 11.9 Å². The minimum Gasteiger partial charge on any atom is -0.386 e. The van der Waals surface area contributed by atoms with Crippen molar-refractivity contribution in [2.24, 2.45) is 5.92 Å². The van der Waals surface area contributed by atoms with Gasteiger partial charge in [-0.25, -0.2) is 4.39 Å². The second kappa shape index (κ2) is 7.73. The van der Waals surface area contributed by atoms with E-state index in [9.17, 15) is 14.3 Å². The quantitative estimate of drug-likeness (QED) is 0.753. The fraction of sp³-hybridized carbons (Fsp3) is 0.533. The second-order valence-electron chi connectivity index (χ2n) is 5.35. The number of benzene rings is 1. The first kappa shape index (κ1) is 16.2. The monoisotopic (exact) mass is 314 g/mol. The van der Waals surface area contributed by atoms with Crippen molar-refractivity contribution in [3.63, 3.8) is 0 Å². The first-order valence-corrected chi connectivity index (χ1v) is 7.55. The van der Waals surface area contributed by atoms with Crippen molar-refractivity contribution in [2.75, 3.05) is 19.6 Å². The minimum absolute atomic E-state index is 0.0273. The van der Waals surface area contributed by atoms with E-state index in [1.165, 1.54) is 18.2 Å². The van der Waals surface area contributed by atoms with Crippen LogP contribution in [0.4, 0.5) is 4.39 Å². The predicted molar refractivity (Wildman–Crippen MR) is 79.6 cm³/mol. The highest BCUT2D eigenvalue weighted by molar-refractivity contribution is 6.31. The van der Waals surface area contributed by atoms with Crippen molar-refractivity contribution in [1.82, 2.24) is 10.6 Å². The molecule has 0 aliphatic carbocycles. The molecule has 2 atom stereocenters. The summed E-state index contributed by atoms with van der Waals surface area (Å²) in [5.74, 6) is -0.156. The molecule has 2 rings (SSSR count). The van der Waals surface area contributed by atoms with Gasteiger partial charge in [0.05, 0.1) is 0 Å². The molecule has 1 heterocycles. The van der Waals surface area contributed by atoms with E-state index in [0.29, 0.717) is 12.3 Å². The zero-order valence-corrected chi connectivity index (χ0v) is 12.5. The normalized spacial score (nSPS) is 19.5. The summed E-state index contributed by atoms with van der Waals surface area (Å²) in [5, 5.41) is 16.0. The summed E-state index contributed by atoms with van der Waals surface area (Å²) in [4.78, 5) is 11.7. The lowest BCUT2D eigenvalue weighted by atomic mass is 10.0. The first-order valence-electron chi connectivity index (χ1n) is 7.17. The van der Waals surface area contributed by atoms with Crippen LogP contribution in [0.15, 0.2) is 18.2 Å². The van der Waals surface area contributed by atoms with Crippen LogP contribution in [0, 0.1) is 11.7 Å². The molecule has 0 radical (unpaired) electrons. The Morgan fingerprint density at radius 2 is 2.38 bits per heavy atom. The van der Waals surface area contributed by atoms with E-state index in [1.807, 2.05) is 0 Å². The van der Waals surface area contributed by atoms with E-state index in [-0.39, 0.29) is 23.0 Å². The van der Waals surface area contributed by atoms with Crippen LogP contribution in [0.5, 0.6) is 0 Å². The summed E-state index contributed by atoms with van der Waals surface area (Å²) < 4.78 is 13.6. The minimum atomic E-state index is -1.14. The molecule has 4 nitrogen and oxygen atoms in total. The molecule has 2 unspecified atom stereocenters. The summed E-state index contributed by atoms with van der Waals surface area (Å²) in [6, 6.07) is 4.22. The number of aliphatic hydroxyl groups excluding tert-OH is 1. The van der Waals surface area contributed by atoms with Gasteiger partial charge < -0.3 is 15.7 Å². The van der Waals surface area contributed by atoms with E-state index >= 15 is 0 Å². The highest BCUT2D eigenvalue weighted by Gasteiger charge is 2.18. The second-order valence-corrected chi connectivity index (χ2v) is 5.76. The Labute approximate surface area is 128 Å². The van der Waals surface area contributed by atoms with Crippen LogP contribution in [0.25, 0.3) is 0 Å². The Bertz CT molecular complexity index is 472. The molecular formula is C15H20ClFN2O2. The molecule has 1 aromatic rings. The van der Waals surface area contributed by atoms with Crippen LogP contribution >= 0.6 is 11.6 Å². The molecule has 1 aliphatic rings. The van der Waals surface area contributed by atoms with Gasteiger partial charge in [-0.3, -0.25) is 4.79 Å². The summed E-state index contributed by atoms with van der Waals surface area (Å²) in [7, 11) is 0. The van der Waals surface area contributed by atoms with E-state index < -0.39 is 11.9 Å². The lowest BCUT2D eigenvalue weighted by Crippen LogP contribution is -2.29. The van der Waals surface area contributed by atoms with E-state index in [4.69, 9.17) is 11.6 Å². The maximum Gasteiger partial charge on any atom is 0.220 e. The highest BCUT2D eigenvalue weighted by atomic mass is 35.5. The van der Waals surface area contributed by atoms with Crippen LogP contribution in [0.3, 0.4) is 0 Å². The van der Waals surface area contributed by atoms with Gasteiger partial charge in [0.15, 0.2) is 0 Å². The van der Waals surface area contributed by atoms with Crippen LogP contribution in [-0.2, 0) is 4.79 Å². The molecule has 21 heavy (non-hydrogen) atoms. The zero-order valence-electron chi connectivity index (χ0n) is 11.7. The molecule has 1 aromatic carbocycles. The number of amides is 1. The van der Waals surface area contributed by atoms with Crippen LogP contribution < -0.4 is 10.6 Å². The number of carbonyl (C=O) groups is 1. The molecular weight excluding hydrogens is 295 g/mol. The first-order chi connectivity index (χ1) is 10.1. The van der Waals surface area contributed by atoms with Crippen LogP contribution in [0.2, 0.25) is 5.02 Å². The summed E-state index contributed by atoms with van der Waals surface area (Å²) in [6.07, 6.45) is 1.20. The fourth-order valence-corrected chi connectivity index (χ4v) is 2.82. The SMILES string of the molecule is O=C(CCC1CCNC1)NCC(O)c1c(F)cccc1Cl. The number of aliphatic hydroxyl groups is 1. The molecule has 0 bridgehead atoms. The smallest absolute Gasteiger partial charge is 0.220 e. The molecule has 0 saturated carbocycles. The standard InChI is InChI=1S/C15H20ClFN2O2/c16-11-2-1-3-12(17)15(11)13(20)9-19-14(21)5-4-10-6-7-18-8-10/h1-3,10,13,18,20H,4-9H2,(H,19,21). The summed E-state index contributed by atoms with van der Waals surface area (Å²) in [6.45, 7) is 1.93. The topological polar surface area (TPSA) is 61.4 Å². The molecule has 0 aromatic heterocycles. The van der Waals surface area contributed by atoms with Crippen molar-refractivity contribution in [3.05, 3.63) is 34.6 Å². The lowest BCUT2D eigenvalue weighted by Gasteiger charge is -2.15. The number of carbonyl (C=O) groups excluding carboxylic acids is 1. The van der Waals surface area contributed by atoms with Gasteiger partial charge in [0.2, 0.25) is 5.91 Å². The Morgan fingerprint density at radius 1 is 1.57 bits per heavy atom. The molecule has 1 fully saturated rings. The molecule has 1 aliphatic heterocycles. The van der Waals surface area contributed by atoms with E-state index in [0.717, 1.165) is 25.9 Å². The third kappa shape index (κ3) is 4.66. The molecule has 116 valence electrons. The molecule has 6 heteroatoms. The van der Waals surface area contributed by atoms with Gasteiger partial charge in [0, 0.05) is 23.6 Å². The van der Waals surface area contributed by atoms with Crippen LogP contribution in [0.1, 0.15) is 30.9 Å². The van der Waals surface area contributed by atoms with E-state index in [1.54, 1.807) is 0 Å². The number of hydrogen-bond acceptors (Lipinski definition) is 3. The third-order valence-corrected chi connectivity index (χ3v) is 4.10. The summed E-state index contributed by atoms with van der Waals surface area (Å²) >= 11 is 5.87. The average Bonchev–Trinajstić information content (AvgIpc) is 2.96. The number of nitrogens with one attached hydrogen (secondary N) is 2. The lowest BCUT2D eigenvalue weighted by molar-refractivity contribution is -0.121. The van der Waals surface area contributed by atoms with Gasteiger partial charge >= 0.3 is 0 Å². The average molecular weight is 315 g/mol. The Kier molecular flexibility index (Phi) is 5.96. The Morgan fingerprint density at radius 3 is 3.05 bits per heavy atom. The van der Waals surface area contributed by atoms with Gasteiger partial charge in [-0.05, 0) is 44.0 Å². The van der Waals surface area contributed by atoms with Gasteiger partial charge in [-0.2, -0.15) is 0 Å². The third-order valence-electron chi connectivity index (χ3n) is 3.77. The van der Waals surface area contributed by atoms with Crippen molar-refractivity contribution in [1.29, 1.82) is 0 Å².